The largest absolute Gasteiger partial charge is 0.285 e. The third kappa shape index (κ3) is 2.38. The molecule has 0 amide bonds. The quantitative estimate of drug-likeness (QED) is 0.553. The predicted molar refractivity (Wildman–Crippen MR) is 80.8 cm³/mol. The first-order valence-corrected chi connectivity index (χ1v) is 7.16. The molecule has 1 heterocycles. The number of likely N-dealkylation sites (N-methyl/N-ethyl adjacent to an activating group) is 1. The second-order valence-corrected chi connectivity index (χ2v) is 5.90. The maximum Gasteiger partial charge on any atom is 0.0961 e. The minimum Gasteiger partial charge on any atom is -0.285 e. The molecule has 0 aliphatic carbocycles. The van der Waals surface area contributed by atoms with Crippen molar-refractivity contribution >= 4 is 23.2 Å². The maximum absolute atomic E-state index is 6.63. The van der Waals surface area contributed by atoms with E-state index < -0.39 is 0 Å². The molecule has 3 heteroatoms. The summed E-state index contributed by atoms with van der Waals surface area (Å²) in [5, 5.41) is 0.771. The minimum atomic E-state index is -0.0478. The molecule has 0 aromatic heterocycles. The number of rotatable bonds is 1. The van der Waals surface area contributed by atoms with Crippen LogP contribution in [0.25, 0.3) is 0 Å². The van der Waals surface area contributed by atoms with E-state index in [1.165, 1.54) is 16.7 Å². The molecule has 1 aliphatic rings. The molecular weight excluding hydrogens is 277 g/mol. The number of hydrogen-bond donors (Lipinski definition) is 0. The second-order valence-electron chi connectivity index (χ2n) is 5.02. The number of alkyl halides is 1. The van der Waals surface area contributed by atoms with E-state index in [0.29, 0.717) is 0 Å². The summed E-state index contributed by atoms with van der Waals surface area (Å²) in [6.07, 6.45) is 0. The Bertz CT molecular complexity index is 583. The molecule has 3 rings (SSSR count). The van der Waals surface area contributed by atoms with Gasteiger partial charge in [-0.15, -0.1) is 11.6 Å². The Morgan fingerprint density at radius 1 is 1.11 bits per heavy atom. The summed E-state index contributed by atoms with van der Waals surface area (Å²) in [5.74, 6) is 0.162. The fourth-order valence-corrected chi connectivity index (χ4v) is 3.29. The number of hydrogen-bond acceptors (Lipinski definition) is 1. The highest BCUT2D eigenvalue weighted by molar-refractivity contribution is 6.30. The first kappa shape index (κ1) is 13.0. The number of halogens is 2. The first-order valence-electron chi connectivity index (χ1n) is 6.34. The standard InChI is InChI=1S/C16H15Cl2N/c1-19-10-12-7-8-13(17)9-14(12)15(16(19)18)11-5-3-2-4-6-11/h2-9,15-16H,10H2,1H3. The average molecular weight is 292 g/mol. The van der Waals surface area contributed by atoms with Crippen LogP contribution in [0.3, 0.4) is 0 Å². The Kier molecular flexibility index (Phi) is 3.53. The van der Waals surface area contributed by atoms with Gasteiger partial charge in [-0.25, -0.2) is 0 Å². The van der Waals surface area contributed by atoms with Gasteiger partial charge in [-0.3, -0.25) is 4.90 Å². The van der Waals surface area contributed by atoms with Crippen molar-refractivity contribution in [3.63, 3.8) is 0 Å². The second kappa shape index (κ2) is 5.16. The van der Waals surface area contributed by atoms with Gasteiger partial charge >= 0.3 is 0 Å². The topological polar surface area (TPSA) is 3.24 Å². The summed E-state index contributed by atoms with van der Waals surface area (Å²) >= 11 is 12.8. The Balaban J connectivity index is 2.15. The van der Waals surface area contributed by atoms with Crippen LogP contribution in [0.2, 0.25) is 5.02 Å². The number of nitrogens with zero attached hydrogens (tertiary/aromatic N) is 1. The molecule has 0 spiro atoms. The summed E-state index contributed by atoms with van der Waals surface area (Å²) in [4.78, 5) is 2.18. The fourth-order valence-electron chi connectivity index (χ4n) is 2.76. The zero-order chi connectivity index (χ0) is 13.4. The van der Waals surface area contributed by atoms with Crippen LogP contribution in [-0.2, 0) is 6.54 Å². The fraction of sp³-hybridized carbons (Fsp3) is 0.250. The van der Waals surface area contributed by atoms with E-state index in [0.717, 1.165) is 11.6 Å². The van der Waals surface area contributed by atoms with Gasteiger partial charge in [-0.05, 0) is 35.9 Å². The summed E-state index contributed by atoms with van der Waals surface area (Å²) < 4.78 is 0. The molecule has 0 saturated carbocycles. The van der Waals surface area contributed by atoms with E-state index >= 15 is 0 Å². The number of fused-ring (bicyclic) bond motifs is 1. The lowest BCUT2D eigenvalue weighted by Crippen LogP contribution is -2.37. The monoisotopic (exact) mass is 291 g/mol. The summed E-state index contributed by atoms with van der Waals surface area (Å²) in [6.45, 7) is 0.865. The van der Waals surface area contributed by atoms with Gasteiger partial charge in [0, 0.05) is 17.5 Å². The van der Waals surface area contributed by atoms with Crippen molar-refractivity contribution in [2.24, 2.45) is 0 Å². The van der Waals surface area contributed by atoms with Crippen LogP contribution in [0.4, 0.5) is 0 Å². The van der Waals surface area contributed by atoms with Gasteiger partial charge in [0.2, 0.25) is 0 Å². The normalized spacial score (nSPS) is 23.1. The molecule has 2 aromatic carbocycles. The van der Waals surface area contributed by atoms with Crippen LogP contribution < -0.4 is 0 Å². The Morgan fingerprint density at radius 2 is 1.84 bits per heavy atom. The average Bonchev–Trinajstić information content (AvgIpc) is 2.42. The molecule has 2 atom stereocenters. The summed E-state index contributed by atoms with van der Waals surface area (Å²) in [7, 11) is 2.06. The molecule has 0 bridgehead atoms. The third-order valence-electron chi connectivity index (χ3n) is 3.72. The van der Waals surface area contributed by atoms with Crippen molar-refractivity contribution in [1.29, 1.82) is 0 Å². The van der Waals surface area contributed by atoms with Crippen LogP contribution >= 0.6 is 23.2 Å². The molecule has 98 valence electrons. The highest BCUT2D eigenvalue weighted by Gasteiger charge is 2.32. The maximum atomic E-state index is 6.63. The van der Waals surface area contributed by atoms with Gasteiger partial charge in [0.1, 0.15) is 0 Å². The van der Waals surface area contributed by atoms with Crippen molar-refractivity contribution in [2.45, 2.75) is 18.0 Å². The van der Waals surface area contributed by atoms with Crippen molar-refractivity contribution < 1.29 is 0 Å². The minimum absolute atomic E-state index is 0.0478. The van der Waals surface area contributed by atoms with E-state index in [9.17, 15) is 0 Å². The molecule has 0 N–H and O–H groups in total. The van der Waals surface area contributed by atoms with Crippen LogP contribution in [0, 0.1) is 0 Å². The highest BCUT2D eigenvalue weighted by Crippen LogP contribution is 2.40. The Labute approximate surface area is 123 Å². The molecule has 0 fully saturated rings. The van der Waals surface area contributed by atoms with E-state index in [2.05, 4.69) is 48.3 Å². The van der Waals surface area contributed by atoms with Crippen LogP contribution in [0.15, 0.2) is 48.5 Å². The predicted octanol–water partition coefficient (Wildman–Crippen LogP) is 4.48. The van der Waals surface area contributed by atoms with E-state index in [-0.39, 0.29) is 11.4 Å². The van der Waals surface area contributed by atoms with Gasteiger partial charge in [-0.1, -0.05) is 48.0 Å². The van der Waals surface area contributed by atoms with E-state index in [4.69, 9.17) is 23.2 Å². The lowest BCUT2D eigenvalue weighted by Gasteiger charge is -2.37. The SMILES string of the molecule is CN1Cc2ccc(Cl)cc2C(c2ccccc2)C1Cl. The van der Waals surface area contributed by atoms with E-state index in [1.807, 2.05) is 12.1 Å². The molecular formula is C16H15Cl2N. The molecule has 19 heavy (non-hydrogen) atoms. The zero-order valence-corrected chi connectivity index (χ0v) is 12.2. The smallest absolute Gasteiger partial charge is 0.0961 e. The van der Waals surface area contributed by atoms with Gasteiger partial charge in [0.05, 0.1) is 5.50 Å². The summed E-state index contributed by atoms with van der Waals surface area (Å²) in [5.41, 5.74) is 3.74. The lowest BCUT2D eigenvalue weighted by atomic mass is 9.84. The molecule has 2 unspecified atom stereocenters. The van der Waals surface area contributed by atoms with Crippen molar-refractivity contribution in [1.82, 2.24) is 4.90 Å². The lowest BCUT2D eigenvalue weighted by molar-refractivity contribution is 0.262. The van der Waals surface area contributed by atoms with Crippen molar-refractivity contribution in [2.75, 3.05) is 7.05 Å². The van der Waals surface area contributed by atoms with Crippen LogP contribution in [-0.4, -0.2) is 17.4 Å². The van der Waals surface area contributed by atoms with Gasteiger partial charge < -0.3 is 0 Å². The molecule has 1 aliphatic heterocycles. The number of benzene rings is 2. The Morgan fingerprint density at radius 3 is 2.58 bits per heavy atom. The molecule has 0 radical (unpaired) electrons. The van der Waals surface area contributed by atoms with Crippen LogP contribution in [0.1, 0.15) is 22.6 Å². The molecule has 0 saturated heterocycles. The third-order valence-corrected chi connectivity index (χ3v) is 4.54. The van der Waals surface area contributed by atoms with Crippen LogP contribution in [0.5, 0.6) is 0 Å². The van der Waals surface area contributed by atoms with Crippen molar-refractivity contribution in [3.05, 3.63) is 70.2 Å². The van der Waals surface area contributed by atoms with Gasteiger partial charge in [0.25, 0.3) is 0 Å². The van der Waals surface area contributed by atoms with Gasteiger partial charge in [-0.2, -0.15) is 0 Å². The highest BCUT2D eigenvalue weighted by atomic mass is 35.5. The van der Waals surface area contributed by atoms with Crippen molar-refractivity contribution in [3.8, 4) is 0 Å². The first-order chi connectivity index (χ1) is 9.16. The molecule has 1 nitrogen and oxygen atoms in total. The summed E-state index contributed by atoms with van der Waals surface area (Å²) in [6, 6.07) is 16.5. The Hall–Kier alpha value is -1.02. The van der Waals surface area contributed by atoms with E-state index in [1.54, 1.807) is 0 Å². The van der Waals surface area contributed by atoms with Gasteiger partial charge in [0.15, 0.2) is 0 Å². The zero-order valence-electron chi connectivity index (χ0n) is 10.7. The molecule has 2 aromatic rings.